The number of amides is 1. The molecule has 2 N–H and O–H groups in total. The fourth-order valence-electron chi connectivity index (χ4n) is 4.43. The van der Waals surface area contributed by atoms with Gasteiger partial charge >= 0.3 is 0 Å². The van der Waals surface area contributed by atoms with Crippen LogP contribution in [0, 0.1) is 0 Å². The van der Waals surface area contributed by atoms with Crippen molar-refractivity contribution in [3.63, 3.8) is 0 Å². The molecule has 0 spiro atoms. The Balaban J connectivity index is 1.35. The van der Waals surface area contributed by atoms with Crippen LogP contribution in [0.4, 0.5) is 0 Å². The normalized spacial score (nSPS) is 14.2. The Kier molecular flexibility index (Phi) is 8.33. The van der Waals surface area contributed by atoms with E-state index in [4.69, 9.17) is 0 Å². The third kappa shape index (κ3) is 7.49. The largest absolute Gasteiger partial charge is 0.348 e. The van der Waals surface area contributed by atoms with E-state index in [1.54, 1.807) is 12.1 Å². The summed E-state index contributed by atoms with van der Waals surface area (Å²) in [6.45, 7) is 4.15. The average Bonchev–Trinajstić information content (AvgIpc) is 3.36. The van der Waals surface area contributed by atoms with Gasteiger partial charge in [0, 0.05) is 25.2 Å². The zero-order valence-corrected chi connectivity index (χ0v) is 21.0. The summed E-state index contributed by atoms with van der Waals surface area (Å²) in [5.74, 6) is -0.137. The van der Waals surface area contributed by atoms with Gasteiger partial charge in [0.2, 0.25) is 10.0 Å². The first-order valence-corrected chi connectivity index (χ1v) is 14.0. The molecule has 0 unspecified atom stereocenters. The summed E-state index contributed by atoms with van der Waals surface area (Å²) >= 11 is 0. The monoisotopic (exact) mass is 491 g/mol. The molecule has 0 atom stereocenters. The van der Waals surface area contributed by atoms with Crippen LogP contribution in [0.15, 0.2) is 72.8 Å². The Hall–Kier alpha value is -3.00. The molecule has 0 saturated carbocycles. The molecule has 0 bridgehead atoms. The Morgan fingerprint density at radius 2 is 1.54 bits per heavy atom. The van der Waals surface area contributed by atoms with Gasteiger partial charge in [-0.25, -0.2) is 13.1 Å². The summed E-state index contributed by atoms with van der Waals surface area (Å²) in [4.78, 5) is 15.2. The predicted molar refractivity (Wildman–Crippen MR) is 141 cm³/mol. The van der Waals surface area contributed by atoms with Gasteiger partial charge in [-0.3, -0.25) is 9.69 Å². The van der Waals surface area contributed by atoms with E-state index in [1.807, 2.05) is 30.3 Å². The fourth-order valence-corrected chi connectivity index (χ4v) is 4.90. The molecule has 4 rings (SSSR count). The molecular formula is C28H33N3O3S. The Bertz CT molecular complexity index is 1230. The number of rotatable bonds is 10. The summed E-state index contributed by atoms with van der Waals surface area (Å²) in [6.07, 6.45) is 4.30. The van der Waals surface area contributed by atoms with E-state index >= 15 is 0 Å². The lowest BCUT2D eigenvalue weighted by Crippen LogP contribution is -2.24. The molecular weight excluding hydrogens is 458 g/mol. The van der Waals surface area contributed by atoms with E-state index in [0.29, 0.717) is 25.1 Å². The number of hydrogen-bond acceptors (Lipinski definition) is 4. The molecule has 35 heavy (non-hydrogen) atoms. The van der Waals surface area contributed by atoms with Gasteiger partial charge in [0.15, 0.2) is 0 Å². The number of carbonyl (C=O) groups is 1. The van der Waals surface area contributed by atoms with Crippen LogP contribution in [0.1, 0.15) is 39.9 Å². The maximum atomic E-state index is 12.7. The van der Waals surface area contributed by atoms with E-state index in [2.05, 4.69) is 45.3 Å². The number of hydrogen-bond donors (Lipinski definition) is 2. The van der Waals surface area contributed by atoms with Gasteiger partial charge < -0.3 is 5.32 Å². The highest BCUT2D eigenvalue weighted by Crippen LogP contribution is 2.25. The van der Waals surface area contributed by atoms with Crippen molar-refractivity contribution < 1.29 is 13.2 Å². The molecule has 1 saturated heterocycles. The topological polar surface area (TPSA) is 78.5 Å². The lowest BCUT2D eigenvalue weighted by Gasteiger charge is -2.15. The molecule has 1 aliphatic rings. The number of benzene rings is 3. The molecule has 3 aromatic carbocycles. The molecule has 3 aromatic rings. The van der Waals surface area contributed by atoms with Crippen molar-refractivity contribution in [1.29, 1.82) is 0 Å². The number of carbonyl (C=O) groups excluding carboxylic acids is 1. The van der Waals surface area contributed by atoms with Gasteiger partial charge in [-0.1, -0.05) is 60.7 Å². The lowest BCUT2D eigenvalue weighted by atomic mass is 9.98. The van der Waals surface area contributed by atoms with Crippen molar-refractivity contribution in [3.05, 3.63) is 95.1 Å². The molecule has 6 nitrogen and oxygen atoms in total. The maximum Gasteiger partial charge on any atom is 0.251 e. The van der Waals surface area contributed by atoms with Gasteiger partial charge in [-0.05, 0) is 72.3 Å². The molecule has 0 aliphatic carbocycles. The number of nitrogens with zero attached hydrogens (tertiary/aromatic N) is 1. The first-order valence-electron chi connectivity index (χ1n) is 12.1. The van der Waals surface area contributed by atoms with Crippen LogP contribution in [0.5, 0.6) is 0 Å². The van der Waals surface area contributed by atoms with Crippen molar-refractivity contribution in [2.24, 2.45) is 0 Å². The molecule has 7 heteroatoms. The second-order valence-electron chi connectivity index (χ2n) is 9.13. The van der Waals surface area contributed by atoms with Gasteiger partial charge in [-0.15, -0.1) is 0 Å². The Morgan fingerprint density at radius 3 is 2.23 bits per heavy atom. The number of sulfonamides is 1. The molecule has 1 heterocycles. The van der Waals surface area contributed by atoms with Crippen LogP contribution in [-0.4, -0.2) is 45.1 Å². The Labute approximate surface area is 208 Å². The molecule has 0 radical (unpaired) electrons. The minimum atomic E-state index is -3.20. The Morgan fingerprint density at radius 1 is 0.886 bits per heavy atom. The molecule has 1 fully saturated rings. The average molecular weight is 492 g/mol. The van der Waals surface area contributed by atoms with Crippen LogP contribution in [0.25, 0.3) is 11.1 Å². The molecule has 0 aromatic heterocycles. The van der Waals surface area contributed by atoms with Gasteiger partial charge in [0.05, 0.1) is 6.26 Å². The number of likely N-dealkylation sites (tertiary alicyclic amines) is 1. The summed E-state index contributed by atoms with van der Waals surface area (Å²) in [7, 11) is -3.20. The van der Waals surface area contributed by atoms with Crippen molar-refractivity contribution in [2.45, 2.75) is 32.4 Å². The fraction of sp³-hybridized carbons (Fsp3) is 0.321. The van der Waals surface area contributed by atoms with Crippen molar-refractivity contribution in [2.75, 3.05) is 25.9 Å². The summed E-state index contributed by atoms with van der Waals surface area (Å²) in [5, 5.41) is 3.03. The quantitative estimate of drug-likeness (QED) is 0.450. The van der Waals surface area contributed by atoms with Crippen molar-refractivity contribution in [1.82, 2.24) is 14.9 Å². The van der Waals surface area contributed by atoms with Crippen molar-refractivity contribution >= 4 is 15.9 Å². The standard InChI is InChI=1S/C28H33N3O3S/c1-35(33,34)30-17-16-22-8-14-25(15-9-22)28(32)29-20-26-6-2-3-7-27(26)24-12-10-23(11-13-24)21-31-18-4-5-19-31/h2-3,6-15,30H,4-5,16-21H2,1H3,(H,29,32). The zero-order valence-electron chi connectivity index (χ0n) is 20.2. The highest BCUT2D eigenvalue weighted by Gasteiger charge is 2.12. The summed E-state index contributed by atoms with van der Waals surface area (Å²) < 4.78 is 24.8. The van der Waals surface area contributed by atoms with Crippen molar-refractivity contribution in [3.8, 4) is 11.1 Å². The van der Waals surface area contributed by atoms with Gasteiger partial charge in [0.1, 0.15) is 0 Å². The third-order valence-electron chi connectivity index (χ3n) is 6.32. The van der Waals surface area contributed by atoms with E-state index in [9.17, 15) is 13.2 Å². The summed E-state index contributed by atoms with van der Waals surface area (Å²) in [6, 6.07) is 24.2. The molecule has 1 amide bonds. The van der Waals surface area contributed by atoms with Crippen LogP contribution >= 0.6 is 0 Å². The second-order valence-corrected chi connectivity index (χ2v) is 11.0. The minimum Gasteiger partial charge on any atom is -0.348 e. The van der Waals surface area contributed by atoms with E-state index < -0.39 is 10.0 Å². The smallest absolute Gasteiger partial charge is 0.251 e. The highest BCUT2D eigenvalue weighted by molar-refractivity contribution is 7.88. The van der Waals surface area contributed by atoms with Gasteiger partial charge in [0.25, 0.3) is 5.91 Å². The SMILES string of the molecule is CS(=O)(=O)NCCc1ccc(C(=O)NCc2ccccc2-c2ccc(CN3CCCC3)cc2)cc1. The number of nitrogens with one attached hydrogen (secondary N) is 2. The predicted octanol–water partition coefficient (Wildman–Crippen LogP) is 3.97. The van der Waals surface area contributed by atoms with E-state index in [0.717, 1.165) is 35.1 Å². The highest BCUT2D eigenvalue weighted by atomic mass is 32.2. The zero-order chi connectivity index (χ0) is 24.7. The first-order chi connectivity index (χ1) is 16.9. The second kappa shape index (κ2) is 11.6. The minimum absolute atomic E-state index is 0.137. The van der Waals surface area contributed by atoms with Crippen LogP contribution in [0.2, 0.25) is 0 Å². The first kappa shape index (κ1) is 25.1. The van der Waals surface area contributed by atoms with E-state index in [-0.39, 0.29) is 5.91 Å². The maximum absolute atomic E-state index is 12.7. The van der Waals surface area contributed by atoms with Crippen LogP contribution < -0.4 is 10.0 Å². The molecule has 184 valence electrons. The lowest BCUT2D eigenvalue weighted by molar-refractivity contribution is 0.0951. The van der Waals surface area contributed by atoms with E-state index in [1.165, 1.54) is 31.5 Å². The van der Waals surface area contributed by atoms with Gasteiger partial charge in [-0.2, -0.15) is 0 Å². The van der Waals surface area contributed by atoms with Crippen LogP contribution in [-0.2, 0) is 29.5 Å². The van der Waals surface area contributed by atoms with Crippen LogP contribution in [0.3, 0.4) is 0 Å². The third-order valence-corrected chi connectivity index (χ3v) is 7.05. The summed E-state index contributed by atoms with van der Waals surface area (Å²) in [5.41, 5.74) is 6.21. The molecule has 1 aliphatic heterocycles.